The number of para-hydroxylation sites is 1. The minimum Gasteiger partial charge on any atom is -0.493 e. The monoisotopic (exact) mass is 325 g/mol. The minimum atomic E-state index is -1.26. The van der Waals surface area contributed by atoms with Gasteiger partial charge in [0, 0.05) is 4.88 Å². The topological polar surface area (TPSA) is 67.2 Å². The molecular weight excluding hydrogens is 310 g/mol. The number of Topliss-reactive ketones (excluding diaryl/α,β-unsaturated/α-hetero) is 2. The maximum atomic E-state index is 12.6. The maximum absolute atomic E-state index is 12.6. The third-order valence-electron chi connectivity index (χ3n) is 3.94. The number of carbonyl (C=O) groups excluding carboxylic acids is 2. The Hall–Kier alpha value is -2.45. The number of fused-ring (bicyclic) bond motifs is 1. The molecule has 4 nitrogen and oxygen atoms in total. The van der Waals surface area contributed by atoms with Crippen molar-refractivity contribution in [1.29, 1.82) is 5.26 Å². The number of thiophene rings is 1. The van der Waals surface area contributed by atoms with Crippen molar-refractivity contribution in [3.63, 3.8) is 0 Å². The van der Waals surface area contributed by atoms with Gasteiger partial charge in [0.05, 0.1) is 23.5 Å². The Bertz CT molecular complexity index is 803. The molecule has 0 radical (unpaired) electrons. The first-order valence-electron chi connectivity index (χ1n) is 7.35. The molecule has 1 aliphatic rings. The average molecular weight is 325 g/mol. The van der Waals surface area contributed by atoms with Crippen LogP contribution in [-0.4, -0.2) is 18.2 Å². The highest BCUT2D eigenvalue weighted by atomic mass is 32.1. The van der Waals surface area contributed by atoms with Crippen LogP contribution in [0, 0.1) is 30.1 Å². The number of ether oxygens (including phenoxy) is 1. The van der Waals surface area contributed by atoms with Crippen LogP contribution in [0.2, 0.25) is 0 Å². The summed E-state index contributed by atoms with van der Waals surface area (Å²) in [6.45, 7) is 2.10. The molecule has 0 aliphatic carbocycles. The number of rotatable bonds is 4. The molecule has 0 saturated carbocycles. The summed E-state index contributed by atoms with van der Waals surface area (Å²) in [6, 6.07) is 12.9. The lowest BCUT2D eigenvalue weighted by Crippen LogP contribution is -2.35. The van der Waals surface area contributed by atoms with E-state index in [9.17, 15) is 14.9 Å². The number of nitriles is 1. The normalized spacial score (nSPS) is 17.5. The molecule has 0 saturated heterocycles. The third kappa shape index (κ3) is 3.03. The van der Waals surface area contributed by atoms with Gasteiger partial charge in [-0.25, -0.2) is 0 Å². The molecule has 0 unspecified atom stereocenters. The Morgan fingerprint density at radius 2 is 2.09 bits per heavy atom. The van der Waals surface area contributed by atoms with Gasteiger partial charge in [-0.3, -0.25) is 9.59 Å². The molecule has 5 heteroatoms. The van der Waals surface area contributed by atoms with E-state index in [1.165, 1.54) is 11.3 Å². The SMILES string of the molecule is Cc1ccc(C(=O)[C@H](C#N)C(=O)[C@@H]2COc3ccccc3C2)s1. The van der Waals surface area contributed by atoms with Crippen molar-refractivity contribution in [1.82, 2.24) is 0 Å². The summed E-state index contributed by atoms with van der Waals surface area (Å²) in [5, 5.41) is 9.33. The van der Waals surface area contributed by atoms with Crippen molar-refractivity contribution >= 4 is 22.9 Å². The van der Waals surface area contributed by atoms with Crippen molar-refractivity contribution in [3.8, 4) is 11.8 Å². The fourth-order valence-corrected chi connectivity index (χ4v) is 3.54. The number of carbonyl (C=O) groups is 2. The van der Waals surface area contributed by atoms with Crippen molar-refractivity contribution in [2.75, 3.05) is 6.61 Å². The molecule has 2 heterocycles. The van der Waals surface area contributed by atoms with Gasteiger partial charge in [-0.05, 0) is 37.1 Å². The van der Waals surface area contributed by atoms with Crippen LogP contribution in [0.5, 0.6) is 5.75 Å². The van der Waals surface area contributed by atoms with E-state index in [-0.39, 0.29) is 12.4 Å². The van der Waals surface area contributed by atoms with Crippen LogP contribution >= 0.6 is 11.3 Å². The van der Waals surface area contributed by atoms with Gasteiger partial charge in [0.1, 0.15) is 5.75 Å². The molecule has 1 aromatic heterocycles. The summed E-state index contributed by atoms with van der Waals surface area (Å²) in [6.07, 6.45) is 0.504. The number of ketones is 2. The van der Waals surface area contributed by atoms with E-state index < -0.39 is 17.6 Å². The van der Waals surface area contributed by atoms with E-state index in [2.05, 4.69) is 0 Å². The van der Waals surface area contributed by atoms with Crippen LogP contribution < -0.4 is 4.74 Å². The van der Waals surface area contributed by atoms with Crippen molar-refractivity contribution in [2.45, 2.75) is 13.3 Å². The zero-order chi connectivity index (χ0) is 16.4. The Morgan fingerprint density at radius 3 is 2.78 bits per heavy atom. The molecule has 0 bridgehead atoms. The Morgan fingerprint density at radius 1 is 1.30 bits per heavy atom. The van der Waals surface area contributed by atoms with E-state index in [1.807, 2.05) is 43.3 Å². The fraction of sp³-hybridized carbons (Fsp3) is 0.278. The molecule has 0 amide bonds. The summed E-state index contributed by atoms with van der Waals surface area (Å²) >= 11 is 1.31. The van der Waals surface area contributed by atoms with Crippen molar-refractivity contribution in [3.05, 3.63) is 51.7 Å². The second-order valence-corrected chi connectivity index (χ2v) is 6.85. The summed E-state index contributed by atoms with van der Waals surface area (Å²) in [7, 11) is 0. The molecule has 3 rings (SSSR count). The van der Waals surface area contributed by atoms with Crippen LogP contribution in [0.15, 0.2) is 36.4 Å². The van der Waals surface area contributed by atoms with Gasteiger partial charge < -0.3 is 4.74 Å². The van der Waals surface area contributed by atoms with Gasteiger partial charge >= 0.3 is 0 Å². The van der Waals surface area contributed by atoms with E-state index >= 15 is 0 Å². The average Bonchev–Trinajstić information content (AvgIpc) is 3.01. The molecule has 1 aromatic carbocycles. The molecule has 0 N–H and O–H groups in total. The number of hydrogen-bond donors (Lipinski definition) is 0. The van der Waals surface area contributed by atoms with Gasteiger partial charge in [-0.2, -0.15) is 5.26 Å². The first-order chi connectivity index (χ1) is 11.1. The second kappa shape index (κ2) is 6.35. The third-order valence-corrected chi connectivity index (χ3v) is 4.96. The minimum absolute atomic E-state index is 0.213. The van der Waals surface area contributed by atoms with Gasteiger partial charge in [0.25, 0.3) is 0 Å². The highest BCUT2D eigenvalue weighted by Crippen LogP contribution is 2.29. The molecule has 0 fully saturated rings. The highest BCUT2D eigenvalue weighted by molar-refractivity contribution is 7.14. The second-order valence-electron chi connectivity index (χ2n) is 5.56. The standard InChI is InChI=1S/C18H15NO3S/c1-11-6-7-16(23-11)18(21)14(9-19)17(20)13-8-12-4-2-3-5-15(12)22-10-13/h2-7,13-14H,8,10H2,1H3/t13-,14+/m0/s1. The molecule has 2 aromatic rings. The van der Waals surface area contributed by atoms with E-state index in [4.69, 9.17) is 4.74 Å². The van der Waals surface area contributed by atoms with Crippen LogP contribution in [0.4, 0.5) is 0 Å². The number of benzene rings is 1. The highest BCUT2D eigenvalue weighted by Gasteiger charge is 2.36. The van der Waals surface area contributed by atoms with Crippen LogP contribution in [-0.2, 0) is 11.2 Å². The summed E-state index contributed by atoms with van der Waals surface area (Å²) in [4.78, 5) is 26.5. The first kappa shape index (κ1) is 15.4. The summed E-state index contributed by atoms with van der Waals surface area (Å²) in [5.41, 5.74) is 0.938. The summed E-state index contributed by atoms with van der Waals surface area (Å²) in [5.74, 6) is -1.70. The number of nitrogens with zero attached hydrogens (tertiary/aromatic N) is 1. The molecule has 116 valence electrons. The predicted octanol–water partition coefficient (Wildman–Crippen LogP) is 3.20. The van der Waals surface area contributed by atoms with Gasteiger partial charge in [0.15, 0.2) is 17.5 Å². The van der Waals surface area contributed by atoms with Crippen molar-refractivity contribution in [2.24, 2.45) is 11.8 Å². The lowest BCUT2D eigenvalue weighted by Gasteiger charge is -2.25. The lowest BCUT2D eigenvalue weighted by atomic mass is 9.85. The fourth-order valence-electron chi connectivity index (χ4n) is 2.71. The van der Waals surface area contributed by atoms with Crippen LogP contribution in [0.3, 0.4) is 0 Å². The zero-order valence-corrected chi connectivity index (χ0v) is 13.4. The van der Waals surface area contributed by atoms with E-state index in [0.717, 1.165) is 16.2 Å². The van der Waals surface area contributed by atoms with Gasteiger partial charge in [-0.1, -0.05) is 18.2 Å². The van der Waals surface area contributed by atoms with E-state index in [0.29, 0.717) is 11.3 Å². The smallest absolute Gasteiger partial charge is 0.197 e. The quantitative estimate of drug-likeness (QED) is 0.639. The number of aryl methyl sites for hydroxylation is 1. The predicted molar refractivity (Wildman–Crippen MR) is 86.6 cm³/mol. The first-order valence-corrected chi connectivity index (χ1v) is 8.16. The largest absolute Gasteiger partial charge is 0.493 e. The lowest BCUT2D eigenvalue weighted by molar-refractivity contribution is -0.125. The maximum Gasteiger partial charge on any atom is 0.197 e. The zero-order valence-electron chi connectivity index (χ0n) is 12.6. The molecule has 2 atom stereocenters. The Labute approximate surface area is 138 Å². The Balaban J connectivity index is 1.79. The van der Waals surface area contributed by atoms with Crippen LogP contribution in [0.25, 0.3) is 0 Å². The molecule has 23 heavy (non-hydrogen) atoms. The van der Waals surface area contributed by atoms with Gasteiger partial charge in [0.2, 0.25) is 0 Å². The van der Waals surface area contributed by atoms with E-state index in [1.54, 1.807) is 6.07 Å². The molecule has 0 spiro atoms. The Kier molecular flexibility index (Phi) is 4.26. The molecular formula is C18H15NO3S. The number of hydrogen-bond acceptors (Lipinski definition) is 5. The van der Waals surface area contributed by atoms with Crippen LogP contribution in [0.1, 0.15) is 20.1 Å². The molecule has 1 aliphatic heterocycles. The van der Waals surface area contributed by atoms with Crippen molar-refractivity contribution < 1.29 is 14.3 Å². The summed E-state index contributed by atoms with van der Waals surface area (Å²) < 4.78 is 5.60. The van der Waals surface area contributed by atoms with Gasteiger partial charge in [-0.15, -0.1) is 11.3 Å².